The number of pyridine rings is 1. The van der Waals surface area contributed by atoms with E-state index in [2.05, 4.69) is 110 Å². The van der Waals surface area contributed by atoms with Gasteiger partial charge >= 0.3 is 0 Å². The molecule has 0 unspecified atom stereocenters. The van der Waals surface area contributed by atoms with Crippen LogP contribution in [0.15, 0.2) is 98.8 Å². The molecule has 10 rings (SSSR count). The molecule has 2 fully saturated rings. The van der Waals surface area contributed by atoms with Gasteiger partial charge in [0.1, 0.15) is 5.82 Å². The number of fused-ring (bicyclic) bond motifs is 1. The number of benzene rings is 1. The molecule has 0 amide bonds. The van der Waals surface area contributed by atoms with E-state index in [4.69, 9.17) is 0 Å². The van der Waals surface area contributed by atoms with Crippen LogP contribution in [-0.4, -0.2) is 52.7 Å². The SMILES string of the molecule is CCc1cn(C)cn1.Cc1ccc(C(C)C)nc1.Cc1nc(C2CC2)cn1C.Cn1cnc(-c2ccccc2)c1.Cn1cnc(C2CC2)c1.Cn1cnc2c1CCCC2. The first-order valence-electron chi connectivity index (χ1n) is 21.3. The minimum absolute atomic E-state index is 0.542. The minimum atomic E-state index is 0.542. The van der Waals surface area contributed by atoms with E-state index in [9.17, 15) is 0 Å². The third-order valence-electron chi connectivity index (χ3n) is 10.5. The molecule has 0 atom stereocenters. The van der Waals surface area contributed by atoms with Crippen LogP contribution in [-0.2, 0) is 54.5 Å². The van der Waals surface area contributed by atoms with Crippen molar-refractivity contribution in [2.24, 2.45) is 35.2 Å². The van der Waals surface area contributed by atoms with Crippen molar-refractivity contribution >= 4 is 0 Å². The highest BCUT2D eigenvalue weighted by molar-refractivity contribution is 5.57. The first-order valence-corrected chi connectivity index (χ1v) is 21.3. The minimum Gasteiger partial charge on any atom is -0.340 e. The van der Waals surface area contributed by atoms with Gasteiger partial charge in [-0.3, -0.25) is 4.98 Å². The lowest BCUT2D eigenvalue weighted by molar-refractivity contribution is 0.643. The monoisotopic (exact) mass is 798 g/mol. The van der Waals surface area contributed by atoms with Crippen LogP contribution in [0.4, 0.5) is 0 Å². The lowest BCUT2D eigenvalue weighted by Gasteiger charge is -2.10. The molecule has 0 aliphatic heterocycles. The number of imidazole rings is 5. The molecular formula is C48H67N11. The Morgan fingerprint density at radius 2 is 1.27 bits per heavy atom. The van der Waals surface area contributed by atoms with E-state index in [1.165, 1.54) is 85.4 Å². The summed E-state index contributed by atoms with van der Waals surface area (Å²) in [5.41, 5.74) is 11.1. The summed E-state index contributed by atoms with van der Waals surface area (Å²) in [6, 6.07) is 14.3. The largest absolute Gasteiger partial charge is 0.340 e. The number of hydrogen-bond acceptors (Lipinski definition) is 6. The molecule has 6 aromatic heterocycles. The molecule has 0 N–H and O–H groups in total. The summed E-state index contributed by atoms with van der Waals surface area (Å²) in [5.74, 6) is 3.26. The van der Waals surface area contributed by atoms with Gasteiger partial charge in [-0.2, -0.15) is 0 Å². The number of rotatable bonds is 5. The Hall–Kier alpha value is -5.58. The summed E-state index contributed by atoms with van der Waals surface area (Å²) >= 11 is 0. The standard InChI is InChI=1S/C10H10N2.C9H13N.2C8H12N2.C7H10N2.C6H10N2/c1-12-7-10(11-8-12)9-5-3-2-4-6-9;1-7(2)9-5-4-8(3)6-10-9;1-6-9-8(5-10(6)2)7-3-4-7;1-10-6-9-7-4-2-3-5-8(7)10;1-9-4-7(8-5-9)6-2-3-6;1-3-6-4-8(2)5-7-6/h2-8H,1H3;4-7H,1-3H3;5,7H,3-4H2,1-2H3;6H,2-5H2,1H3;4-6H,2-3H2,1H3;4-5H,3H2,1-2H3. The summed E-state index contributed by atoms with van der Waals surface area (Å²) in [4.78, 5) is 25.6. The van der Waals surface area contributed by atoms with Crippen molar-refractivity contribution in [3.8, 4) is 11.3 Å². The van der Waals surface area contributed by atoms with Gasteiger partial charge in [-0.25, -0.2) is 24.9 Å². The Labute approximate surface area is 352 Å². The predicted octanol–water partition coefficient (Wildman–Crippen LogP) is 9.79. The molecule has 3 aliphatic rings. The molecule has 6 heterocycles. The molecule has 1 aromatic carbocycles. The van der Waals surface area contributed by atoms with Gasteiger partial charge in [0.2, 0.25) is 0 Å². The van der Waals surface area contributed by atoms with Crippen molar-refractivity contribution in [1.82, 2.24) is 52.7 Å². The van der Waals surface area contributed by atoms with Crippen molar-refractivity contribution < 1.29 is 0 Å². The second-order valence-corrected chi connectivity index (χ2v) is 16.4. The van der Waals surface area contributed by atoms with Gasteiger partial charge in [0, 0.05) is 95.0 Å². The van der Waals surface area contributed by atoms with Crippen molar-refractivity contribution in [1.29, 1.82) is 0 Å². The van der Waals surface area contributed by atoms with Crippen LogP contribution in [0.5, 0.6) is 0 Å². The normalized spacial score (nSPS) is 13.8. The van der Waals surface area contributed by atoms with Crippen LogP contribution in [0.2, 0.25) is 0 Å². The molecule has 0 saturated heterocycles. The maximum absolute atomic E-state index is 4.44. The summed E-state index contributed by atoms with van der Waals surface area (Å²) in [5, 5.41) is 0. The van der Waals surface area contributed by atoms with Gasteiger partial charge in [0.25, 0.3) is 0 Å². The lowest BCUT2D eigenvalue weighted by atomic mass is 10.0. The summed E-state index contributed by atoms with van der Waals surface area (Å²) in [6.45, 7) is 10.5. The fourth-order valence-corrected chi connectivity index (χ4v) is 6.44. The predicted molar refractivity (Wildman–Crippen MR) is 239 cm³/mol. The fourth-order valence-electron chi connectivity index (χ4n) is 6.44. The van der Waals surface area contributed by atoms with E-state index in [0.29, 0.717) is 5.92 Å². The zero-order valence-corrected chi connectivity index (χ0v) is 37.3. The number of aromatic nitrogens is 11. The van der Waals surface area contributed by atoms with E-state index in [1.54, 1.807) is 0 Å². The second kappa shape index (κ2) is 22.0. The Morgan fingerprint density at radius 3 is 1.76 bits per heavy atom. The Kier molecular flexibility index (Phi) is 16.6. The van der Waals surface area contributed by atoms with Crippen LogP contribution in [0.25, 0.3) is 11.3 Å². The smallest absolute Gasteiger partial charge is 0.105 e. The van der Waals surface area contributed by atoms with E-state index in [0.717, 1.165) is 41.0 Å². The molecule has 314 valence electrons. The molecule has 0 bridgehead atoms. The quantitative estimate of drug-likeness (QED) is 0.172. The molecular weight excluding hydrogens is 731 g/mol. The van der Waals surface area contributed by atoms with E-state index in [1.807, 2.05) is 111 Å². The Bertz CT molecular complexity index is 2220. The first kappa shape index (κ1) is 44.5. The molecule has 59 heavy (non-hydrogen) atoms. The Balaban J connectivity index is 0.000000135. The third-order valence-corrected chi connectivity index (χ3v) is 10.5. The number of nitrogens with zero attached hydrogens (tertiary/aromatic N) is 11. The summed E-state index contributed by atoms with van der Waals surface area (Å²) < 4.78 is 10.1. The van der Waals surface area contributed by atoms with Crippen LogP contribution < -0.4 is 0 Å². The second-order valence-electron chi connectivity index (χ2n) is 16.4. The van der Waals surface area contributed by atoms with Gasteiger partial charge in [-0.1, -0.05) is 57.2 Å². The van der Waals surface area contributed by atoms with Crippen LogP contribution >= 0.6 is 0 Å². The third kappa shape index (κ3) is 14.6. The van der Waals surface area contributed by atoms with Crippen LogP contribution in [0, 0.1) is 13.8 Å². The van der Waals surface area contributed by atoms with Gasteiger partial charge in [0.05, 0.1) is 53.8 Å². The van der Waals surface area contributed by atoms with E-state index < -0.39 is 0 Å². The topological polar surface area (TPSA) is 102 Å². The molecule has 3 aliphatic carbocycles. The van der Waals surface area contributed by atoms with Crippen molar-refractivity contribution in [2.75, 3.05) is 0 Å². The average molecular weight is 798 g/mol. The fraction of sp³-hybridized carbons (Fsp3) is 0.458. The van der Waals surface area contributed by atoms with Crippen LogP contribution in [0.3, 0.4) is 0 Å². The molecule has 11 nitrogen and oxygen atoms in total. The van der Waals surface area contributed by atoms with E-state index in [-0.39, 0.29) is 0 Å². The summed E-state index contributed by atoms with van der Waals surface area (Å²) in [7, 11) is 10.1. The molecule has 7 aromatic rings. The average Bonchev–Trinajstić information content (AvgIpc) is 4.05. The highest BCUT2D eigenvalue weighted by Crippen LogP contribution is 2.39. The van der Waals surface area contributed by atoms with Gasteiger partial charge in [-0.15, -0.1) is 0 Å². The Morgan fingerprint density at radius 1 is 0.627 bits per heavy atom. The van der Waals surface area contributed by atoms with Gasteiger partial charge in [0.15, 0.2) is 0 Å². The zero-order valence-electron chi connectivity index (χ0n) is 37.3. The number of hydrogen-bond donors (Lipinski definition) is 0. The number of aryl methyl sites for hydroxylation is 9. The highest BCUT2D eigenvalue weighted by Gasteiger charge is 2.26. The highest BCUT2D eigenvalue weighted by atomic mass is 15.1. The first-order chi connectivity index (χ1) is 28.4. The zero-order chi connectivity index (χ0) is 42.3. The molecule has 0 radical (unpaired) electrons. The summed E-state index contributed by atoms with van der Waals surface area (Å²) in [6.07, 6.45) is 29.1. The molecule has 0 spiro atoms. The van der Waals surface area contributed by atoms with E-state index >= 15 is 0 Å². The molecule has 2 saturated carbocycles. The van der Waals surface area contributed by atoms with Gasteiger partial charge < -0.3 is 22.8 Å². The molecule has 11 heteroatoms. The maximum atomic E-state index is 4.44. The van der Waals surface area contributed by atoms with Gasteiger partial charge in [-0.05, 0) is 89.2 Å². The van der Waals surface area contributed by atoms with Crippen molar-refractivity contribution in [3.63, 3.8) is 0 Å². The van der Waals surface area contributed by atoms with Crippen LogP contribution in [0.1, 0.15) is 123 Å². The van der Waals surface area contributed by atoms with Crippen molar-refractivity contribution in [3.05, 3.63) is 144 Å². The lowest BCUT2D eigenvalue weighted by Crippen LogP contribution is -2.04. The van der Waals surface area contributed by atoms with Crippen molar-refractivity contribution in [2.45, 2.75) is 110 Å². The maximum Gasteiger partial charge on any atom is 0.105 e.